The van der Waals surface area contributed by atoms with Crippen molar-refractivity contribution in [2.45, 2.75) is 31.1 Å². The van der Waals surface area contributed by atoms with Crippen LogP contribution in [0.2, 0.25) is 0 Å². The first-order valence-electron chi connectivity index (χ1n) is 10.1. The molecule has 32 heavy (non-hydrogen) atoms. The molecular weight excluding hydrogens is 412 g/mol. The third-order valence-corrected chi connectivity index (χ3v) is 5.08. The summed E-state index contributed by atoms with van der Waals surface area (Å²) in [6, 6.07) is 23.3. The van der Waals surface area contributed by atoms with Gasteiger partial charge in [-0.05, 0) is 31.5 Å². The number of alkyl halides is 2. The molecule has 2 unspecified atom stereocenters. The first-order valence-corrected chi connectivity index (χ1v) is 10.1. The van der Waals surface area contributed by atoms with Crippen LogP contribution in [0.1, 0.15) is 35.7 Å². The highest BCUT2D eigenvalue weighted by Crippen LogP contribution is 2.40. The van der Waals surface area contributed by atoms with Crippen molar-refractivity contribution in [1.29, 1.82) is 0 Å². The Morgan fingerprint density at radius 2 is 1.22 bits per heavy atom. The maximum Gasteiger partial charge on any atom is 0.271 e. The first kappa shape index (κ1) is 23.0. The molecule has 3 aromatic carbocycles. The molecule has 0 radical (unpaired) electrons. The molecule has 0 spiro atoms. The Hall–Kier alpha value is -3.67. The molecule has 4 nitrogen and oxygen atoms in total. The van der Waals surface area contributed by atoms with Crippen LogP contribution in [-0.2, 0) is 9.59 Å². The number of ketones is 2. The summed E-state index contributed by atoms with van der Waals surface area (Å²) in [5.74, 6) is -5.73. The molecular formula is C26H23F2NO3. The molecule has 2 atom stereocenters. The third kappa shape index (κ3) is 4.64. The number of halogens is 2. The fourth-order valence-corrected chi connectivity index (χ4v) is 3.52. The summed E-state index contributed by atoms with van der Waals surface area (Å²) in [7, 11) is 0. The number of hydrogen-bond acceptors (Lipinski definition) is 3. The summed E-state index contributed by atoms with van der Waals surface area (Å²) in [5, 5.41) is 2.34. The molecule has 0 aliphatic heterocycles. The molecule has 0 aliphatic carbocycles. The van der Waals surface area contributed by atoms with Crippen molar-refractivity contribution in [3.05, 3.63) is 102 Å². The number of para-hydroxylation sites is 1. The Kier molecular flexibility index (Phi) is 6.63. The molecule has 0 saturated carbocycles. The van der Waals surface area contributed by atoms with Gasteiger partial charge in [-0.1, -0.05) is 78.9 Å². The van der Waals surface area contributed by atoms with E-state index in [1.165, 1.54) is 36.4 Å². The van der Waals surface area contributed by atoms with Crippen LogP contribution in [0, 0.1) is 0 Å². The second-order valence-electron chi connectivity index (χ2n) is 7.91. The van der Waals surface area contributed by atoms with Crippen molar-refractivity contribution in [3.8, 4) is 0 Å². The summed E-state index contributed by atoms with van der Waals surface area (Å²) in [6.07, 6.45) is 0. The van der Waals surface area contributed by atoms with Gasteiger partial charge in [-0.15, -0.1) is 0 Å². The van der Waals surface area contributed by atoms with Gasteiger partial charge in [-0.25, -0.2) is 8.78 Å². The number of hydrogen-bond donors (Lipinski definition) is 1. The average molecular weight is 435 g/mol. The molecule has 0 fully saturated rings. The average Bonchev–Trinajstić information content (AvgIpc) is 2.79. The maximum atomic E-state index is 16.8. The van der Waals surface area contributed by atoms with Crippen LogP contribution < -0.4 is 5.32 Å². The van der Waals surface area contributed by atoms with Crippen LogP contribution in [0.3, 0.4) is 0 Å². The minimum absolute atomic E-state index is 0.0877. The van der Waals surface area contributed by atoms with Gasteiger partial charge < -0.3 is 5.32 Å². The number of rotatable bonds is 8. The highest BCUT2D eigenvalue weighted by molar-refractivity contribution is 6.22. The van der Waals surface area contributed by atoms with Gasteiger partial charge in [0.2, 0.25) is 5.78 Å². The minimum Gasteiger partial charge on any atom is -0.323 e. The van der Waals surface area contributed by atoms with Crippen LogP contribution in [0.4, 0.5) is 14.5 Å². The zero-order valence-corrected chi connectivity index (χ0v) is 17.7. The highest BCUT2D eigenvalue weighted by atomic mass is 19.2. The molecule has 0 heterocycles. The Morgan fingerprint density at radius 1 is 0.750 bits per heavy atom. The second kappa shape index (κ2) is 9.22. The van der Waals surface area contributed by atoms with Gasteiger partial charge >= 0.3 is 0 Å². The lowest BCUT2D eigenvalue weighted by atomic mass is 9.72. The van der Waals surface area contributed by atoms with Crippen LogP contribution in [0.5, 0.6) is 0 Å². The number of Topliss-reactive ketones (excluding diaryl/α,β-unsaturated/α-hetero) is 2. The van der Waals surface area contributed by atoms with E-state index in [2.05, 4.69) is 5.32 Å². The van der Waals surface area contributed by atoms with Crippen molar-refractivity contribution in [2.75, 3.05) is 5.32 Å². The van der Waals surface area contributed by atoms with Crippen molar-refractivity contribution in [2.24, 2.45) is 0 Å². The molecule has 1 N–H and O–H groups in total. The van der Waals surface area contributed by atoms with Crippen LogP contribution >= 0.6 is 0 Å². The molecule has 0 saturated heterocycles. The van der Waals surface area contributed by atoms with E-state index in [0.717, 1.165) is 13.8 Å². The van der Waals surface area contributed by atoms with Crippen molar-refractivity contribution in [3.63, 3.8) is 0 Å². The predicted molar refractivity (Wildman–Crippen MR) is 119 cm³/mol. The number of anilines is 1. The summed E-state index contributed by atoms with van der Waals surface area (Å²) in [4.78, 5) is 39.8. The lowest BCUT2D eigenvalue weighted by Gasteiger charge is -2.33. The van der Waals surface area contributed by atoms with E-state index in [9.17, 15) is 18.8 Å². The van der Waals surface area contributed by atoms with Crippen LogP contribution in [0.25, 0.3) is 0 Å². The molecule has 3 aromatic rings. The fourth-order valence-electron chi connectivity index (χ4n) is 3.52. The van der Waals surface area contributed by atoms with E-state index in [4.69, 9.17) is 0 Å². The van der Waals surface area contributed by atoms with Gasteiger partial charge in [0, 0.05) is 11.3 Å². The largest absolute Gasteiger partial charge is 0.323 e. The first-order chi connectivity index (χ1) is 15.2. The van der Waals surface area contributed by atoms with Crippen molar-refractivity contribution < 1.29 is 23.2 Å². The van der Waals surface area contributed by atoms with Gasteiger partial charge in [0.1, 0.15) is 0 Å². The smallest absolute Gasteiger partial charge is 0.271 e. The monoisotopic (exact) mass is 435 g/mol. The normalized spacial score (nSPS) is 14.1. The van der Waals surface area contributed by atoms with E-state index >= 15 is 4.39 Å². The number of nitrogens with one attached hydrogen (secondary N) is 1. The van der Waals surface area contributed by atoms with Gasteiger partial charge in [-0.3, -0.25) is 14.4 Å². The molecule has 3 rings (SSSR count). The summed E-state index contributed by atoms with van der Waals surface area (Å²) < 4.78 is 31.7. The number of benzene rings is 3. The molecule has 6 heteroatoms. The third-order valence-electron chi connectivity index (χ3n) is 5.08. The Balaban J connectivity index is 2.20. The summed E-state index contributed by atoms with van der Waals surface area (Å²) in [5.41, 5.74) is -5.83. The topological polar surface area (TPSA) is 63.2 Å². The Labute approximate surface area is 185 Å². The molecule has 164 valence electrons. The molecule has 0 bridgehead atoms. The fraction of sp³-hybridized carbons (Fsp3) is 0.192. The van der Waals surface area contributed by atoms with Crippen LogP contribution in [0.15, 0.2) is 91.0 Å². The number of amides is 1. The van der Waals surface area contributed by atoms with Crippen LogP contribution in [-0.4, -0.2) is 28.8 Å². The van der Waals surface area contributed by atoms with Crippen molar-refractivity contribution >= 4 is 23.2 Å². The number of carbonyl (C=O) groups is 3. The van der Waals surface area contributed by atoms with Gasteiger partial charge in [-0.2, -0.15) is 0 Å². The molecule has 0 aliphatic rings. The lowest BCUT2D eigenvalue weighted by Crippen LogP contribution is -2.58. The van der Waals surface area contributed by atoms with Gasteiger partial charge in [0.25, 0.3) is 11.6 Å². The lowest BCUT2D eigenvalue weighted by molar-refractivity contribution is -0.149. The van der Waals surface area contributed by atoms with Crippen molar-refractivity contribution in [1.82, 2.24) is 0 Å². The molecule has 1 amide bonds. The summed E-state index contributed by atoms with van der Waals surface area (Å²) >= 11 is 0. The highest BCUT2D eigenvalue weighted by Gasteiger charge is 2.60. The minimum atomic E-state index is -3.51. The second-order valence-corrected chi connectivity index (χ2v) is 7.91. The van der Waals surface area contributed by atoms with E-state index in [1.807, 2.05) is 0 Å². The Morgan fingerprint density at radius 3 is 1.72 bits per heavy atom. The van der Waals surface area contributed by atoms with E-state index in [1.54, 1.807) is 54.6 Å². The maximum absolute atomic E-state index is 16.8. The standard InChI is InChI=1S/C26H23F2NO3/c1-25(2,27)23(31)26(28,24(32)29-20-16-10-5-11-17-20)21(18-12-6-3-7-13-18)22(30)19-14-8-4-9-15-19/h3-17,21H,1-2H3,(H,29,32). The van der Waals surface area contributed by atoms with Gasteiger partial charge in [0.05, 0.1) is 5.92 Å². The SMILES string of the molecule is CC(C)(F)C(=O)C(F)(C(=O)Nc1ccccc1)C(C(=O)c1ccccc1)c1ccccc1. The summed E-state index contributed by atoms with van der Waals surface area (Å²) in [6.45, 7) is 1.74. The number of carbonyl (C=O) groups excluding carboxylic acids is 3. The Bertz CT molecular complexity index is 1100. The zero-order chi connectivity index (χ0) is 23.4. The van der Waals surface area contributed by atoms with E-state index in [-0.39, 0.29) is 16.8 Å². The zero-order valence-electron chi connectivity index (χ0n) is 17.7. The van der Waals surface area contributed by atoms with E-state index < -0.39 is 34.7 Å². The predicted octanol–water partition coefficient (Wildman–Crippen LogP) is 5.32. The van der Waals surface area contributed by atoms with Gasteiger partial charge in [0.15, 0.2) is 11.5 Å². The van der Waals surface area contributed by atoms with E-state index in [0.29, 0.717) is 0 Å². The molecule has 0 aromatic heterocycles. The quantitative estimate of drug-likeness (QED) is 0.385.